The summed E-state index contributed by atoms with van der Waals surface area (Å²) in [6.45, 7) is 6.82. The summed E-state index contributed by atoms with van der Waals surface area (Å²) < 4.78 is 0. The van der Waals surface area contributed by atoms with Gasteiger partial charge in [-0.15, -0.1) is 0 Å². The maximum atomic E-state index is 12.6. The SMILES string of the molecule is Cc1ccc(C(=O)N2CCCC2(C)C)cc1C#CCO. The Kier molecular flexibility index (Phi) is 4.15. The number of nitrogens with zero attached hydrogens (tertiary/aromatic N) is 1. The zero-order chi connectivity index (χ0) is 14.8. The Bertz CT molecular complexity index is 578. The molecule has 0 radical (unpaired) electrons. The molecule has 0 aromatic heterocycles. The van der Waals surface area contributed by atoms with Gasteiger partial charge in [0.05, 0.1) is 0 Å². The molecule has 20 heavy (non-hydrogen) atoms. The average molecular weight is 271 g/mol. The lowest BCUT2D eigenvalue weighted by Gasteiger charge is -2.31. The molecule has 2 rings (SSSR count). The highest BCUT2D eigenvalue weighted by molar-refractivity contribution is 5.95. The smallest absolute Gasteiger partial charge is 0.254 e. The molecule has 0 atom stereocenters. The summed E-state index contributed by atoms with van der Waals surface area (Å²) in [5.41, 5.74) is 2.43. The topological polar surface area (TPSA) is 40.5 Å². The molecule has 1 amide bonds. The van der Waals surface area contributed by atoms with Crippen LogP contribution in [0.3, 0.4) is 0 Å². The molecule has 1 saturated heterocycles. The van der Waals surface area contributed by atoms with Crippen molar-refractivity contribution in [2.24, 2.45) is 0 Å². The largest absolute Gasteiger partial charge is 0.384 e. The Hall–Kier alpha value is -1.79. The van der Waals surface area contributed by atoms with Crippen LogP contribution in [0.15, 0.2) is 18.2 Å². The number of likely N-dealkylation sites (tertiary alicyclic amines) is 1. The number of carbonyl (C=O) groups is 1. The number of aliphatic hydroxyl groups is 1. The third kappa shape index (κ3) is 2.86. The minimum Gasteiger partial charge on any atom is -0.384 e. The molecule has 1 aromatic carbocycles. The summed E-state index contributed by atoms with van der Waals surface area (Å²) in [4.78, 5) is 14.6. The van der Waals surface area contributed by atoms with Gasteiger partial charge in [0.15, 0.2) is 0 Å². The number of rotatable bonds is 1. The van der Waals surface area contributed by atoms with Crippen molar-refractivity contribution in [2.45, 2.75) is 39.2 Å². The molecule has 3 heteroatoms. The van der Waals surface area contributed by atoms with Crippen molar-refractivity contribution < 1.29 is 9.90 Å². The minimum atomic E-state index is -0.170. The molecule has 0 spiro atoms. The van der Waals surface area contributed by atoms with Crippen molar-refractivity contribution in [2.75, 3.05) is 13.2 Å². The molecule has 1 heterocycles. The lowest BCUT2D eigenvalue weighted by Crippen LogP contribution is -2.42. The number of benzene rings is 1. The fraction of sp³-hybridized carbons (Fsp3) is 0.471. The van der Waals surface area contributed by atoms with Gasteiger partial charge in [-0.3, -0.25) is 4.79 Å². The van der Waals surface area contributed by atoms with Gasteiger partial charge in [-0.2, -0.15) is 0 Å². The molecule has 0 bridgehead atoms. The van der Waals surface area contributed by atoms with Gasteiger partial charge >= 0.3 is 0 Å². The van der Waals surface area contributed by atoms with Crippen LogP contribution in [0.1, 0.15) is 48.2 Å². The monoisotopic (exact) mass is 271 g/mol. The minimum absolute atomic E-state index is 0.0690. The predicted molar refractivity (Wildman–Crippen MR) is 79.5 cm³/mol. The van der Waals surface area contributed by atoms with E-state index in [1.54, 1.807) is 0 Å². The first-order valence-corrected chi connectivity index (χ1v) is 6.98. The van der Waals surface area contributed by atoms with Crippen LogP contribution in [0.2, 0.25) is 0 Å². The molecule has 1 N–H and O–H groups in total. The van der Waals surface area contributed by atoms with Crippen LogP contribution >= 0.6 is 0 Å². The molecule has 1 aliphatic heterocycles. The van der Waals surface area contributed by atoms with Gasteiger partial charge in [-0.05, 0) is 51.3 Å². The molecule has 3 nitrogen and oxygen atoms in total. The lowest BCUT2D eigenvalue weighted by atomic mass is 10.00. The van der Waals surface area contributed by atoms with E-state index in [0.29, 0.717) is 5.56 Å². The molecule has 1 aliphatic rings. The summed E-state index contributed by atoms with van der Waals surface area (Å²) >= 11 is 0. The maximum Gasteiger partial charge on any atom is 0.254 e. The second kappa shape index (κ2) is 5.68. The Morgan fingerprint density at radius 1 is 1.45 bits per heavy atom. The van der Waals surface area contributed by atoms with Crippen molar-refractivity contribution in [3.8, 4) is 11.8 Å². The van der Waals surface area contributed by atoms with Gasteiger partial charge in [0.1, 0.15) is 6.61 Å². The normalized spacial score (nSPS) is 16.7. The first kappa shape index (κ1) is 14.6. The summed E-state index contributed by atoms with van der Waals surface area (Å²) in [6.07, 6.45) is 2.10. The van der Waals surface area contributed by atoms with Gasteiger partial charge in [-0.25, -0.2) is 0 Å². The van der Waals surface area contributed by atoms with Crippen molar-refractivity contribution in [3.63, 3.8) is 0 Å². The molecule has 0 aliphatic carbocycles. The maximum absolute atomic E-state index is 12.6. The average Bonchev–Trinajstić information content (AvgIpc) is 2.76. The number of hydrogen-bond donors (Lipinski definition) is 1. The molecule has 106 valence electrons. The Morgan fingerprint density at radius 3 is 2.80 bits per heavy atom. The summed E-state index contributed by atoms with van der Waals surface area (Å²) in [5.74, 6) is 5.61. The first-order chi connectivity index (χ1) is 9.45. The van der Waals surface area contributed by atoms with Crippen LogP contribution in [0.5, 0.6) is 0 Å². The summed E-state index contributed by atoms with van der Waals surface area (Å²) in [5, 5.41) is 8.79. The number of aliphatic hydroxyl groups excluding tert-OH is 1. The summed E-state index contributed by atoms with van der Waals surface area (Å²) in [6, 6.07) is 5.60. The number of hydrogen-bond acceptors (Lipinski definition) is 2. The van der Waals surface area contributed by atoms with E-state index in [1.807, 2.05) is 30.0 Å². The van der Waals surface area contributed by atoms with E-state index in [9.17, 15) is 4.79 Å². The van der Waals surface area contributed by atoms with Gasteiger partial charge in [-0.1, -0.05) is 17.9 Å². The third-order valence-corrected chi connectivity index (χ3v) is 3.93. The second-order valence-electron chi connectivity index (χ2n) is 5.86. The van der Waals surface area contributed by atoms with Crippen LogP contribution in [0, 0.1) is 18.8 Å². The molecule has 1 fully saturated rings. The van der Waals surface area contributed by atoms with E-state index in [1.165, 1.54) is 0 Å². The van der Waals surface area contributed by atoms with Crippen LogP contribution in [-0.4, -0.2) is 34.6 Å². The van der Waals surface area contributed by atoms with Crippen molar-refractivity contribution in [1.82, 2.24) is 4.90 Å². The van der Waals surface area contributed by atoms with Gasteiger partial charge in [0, 0.05) is 23.2 Å². The second-order valence-corrected chi connectivity index (χ2v) is 5.86. The number of aryl methyl sites for hydroxylation is 1. The van der Waals surface area contributed by atoms with E-state index >= 15 is 0 Å². The van der Waals surface area contributed by atoms with E-state index in [4.69, 9.17) is 5.11 Å². The van der Waals surface area contributed by atoms with E-state index < -0.39 is 0 Å². The quantitative estimate of drug-likeness (QED) is 0.797. The van der Waals surface area contributed by atoms with Crippen LogP contribution < -0.4 is 0 Å². The Labute approximate surface area is 120 Å². The standard InChI is InChI=1S/C17H21NO2/c1-13-7-8-15(12-14(13)6-4-11-19)16(20)18-10-5-9-17(18,2)3/h7-8,12,19H,5,9-11H2,1-3H3. The van der Waals surface area contributed by atoms with Crippen LogP contribution in [0.4, 0.5) is 0 Å². The highest BCUT2D eigenvalue weighted by Crippen LogP contribution is 2.30. The highest BCUT2D eigenvalue weighted by Gasteiger charge is 2.35. The molecule has 0 unspecified atom stereocenters. The van der Waals surface area contributed by atoms with E-state index in [2.05, 4.69) is 25.7 Å². The Morgan fingerprint density at radius 2 is 2.20 bits per heavy atom. The van der Waals surface area contributed by atoms with Crippen molar-refractivity contribution >= 4 is 5.91 Å². The van der Waals surface area contributed by atoms with Gasteiger partial charge in [0.2, 0.25) is 0 Å². The Balaban J connectivity index is 2.31. The van der Waals surface area contributed by atoms with E-state index in [-0.39, 0.29) is 18.1 Å². The van der Waals surface area contributed by atoms with Crippen LogP contribution in [0.25, 0.3) is 0 Å². The fourth-order valence-electron chi connectivity index (χ4n) is 2.66. The van der Waals surface area contributed by atoms with E-state index in [0.717, 1.165) is 30.5 Å². The zero-order valence-electron chi connectivity index (χ0n) is 12.4. The predicted octanol–water partition coefficient (Wildman–Crippen LogP) is 2.35. The third-order valence-electron chi connectivity index (χ3n) is 3.93. The van der Waals surface area contributed by atoms with Crippen molar-refractivity contribution in [1.29, 1.82) is 0 Å². The molecular weight excluding hydrogens is 250 g/mol. The zero-order valence-corrected chi connectivity index (χ0v) is 12.4. The molecule has 1 aromatic rings. The first-order valence-electron chi connectivity index (χ1n) is 6.98. The highest BCUT2D eigenvalue weighted by atomic mass is 16.2. The fourth-order valence-corrected chi connectivity index (χ4v) is 2.66. The van der Waals surface area contributed by atoms with Crippen LogP contribution in [-0.2, 0) is 0 Å². The van der Waals surface area contributed by atoms with Crippen molar-refractivity contribution in [3.05, 3.63) is 34.9 Å². The molecular formula is C17H21NO2. The number of amides is 1. The molecule has 0 saturated carbocycles. The summed E-state index contributed by atoms with van der Waals surface area (Å²) in [7, 11) is 0. The van der Waals surface area contributed by atoms with Gasteiger partial charge in [0.25, 0.3) is 5.91 Å². The lowest BCUT2D eigenvalue weighted by molar-refractivity contribution is 0.0652. The number of carbonyl (C=O) groups excluding carboxylic acids is 1. The van der Waals surface area contributed by atoms with Gasteiger partial charge < -0.3 is 10.0 Å².